The molecule has 2 N–H and O–H groups in total. The molecule has 0 amide bonds. The van der Waals surface area contributed by atoms with Gasteiger partial charge in [-0.1, -0.05) is 13.8 Å². The molecule has 15 heavy (non-hydrogen) atoms. The highest BCUT2D eigenvalue weighted by Crippen LogP contribution is 2.02. The molecule has 0 bridgehead atoms. The molecule has 0 aromatic rings. The van der Waals surface area contributed by atoms with E-state index in [-0.39, 0.29) is 6.42 Å². The summed E-state index contributed by atoms with van der Waals surface area (Å²) < 4.78 is 0. The Balaban J connectivity index is 3.76. The standard InChI is InChI=1S/C11H23NO3/c1-3-7-12(8-4-2)9-10(13)5-6-11(14)15/h10,13H,3-9H2,1-2H3,(H,14,15). The largest absolute Gasteiger partial charge is 0.481 e. The number of carboxylic acid groups (broad SMARTS) is 1. The minimum absolute atomic E-state index is 0.0489. The zero-order chi connectivity index (χ0) is 11.7. The maximum atomic E-state index is 10.3. The number of hydrogen-bond acceptors (Lipinski definition) is 3. The molecule has 0 aromatic carbocycles. The van der Waals surface area contributed by atoms with Gasteiger partial charge in [0.05, 0.1) is 6.10 Å². The lowest BCUT2D eigenvalue weighted by atomic mass is 10.2. The van der Waals surface area contributed by atoms with Crippen LogP contribution in [0.25, 0.3) is 0 Å². The molecule has 90 valence electrons. The van der Waals surface area contributed by atoms with Gasteiger partial charge in [-0.2, -0.15) is 0 Å². The van der Waals surface area contributed by atoms with E-state index in [0.29, 0.717) is 13.0 Å². The maximum absolute atomic E-state index is 10.3. The molecule has 0 saturated heterocycles. The summed E-state index contributed by atoms with van der Waals surface area (Å²) in [6.07, 6.45) is 2.00. The van der Waals surface area contributed by atoms with Crippen LogP contribution in [0.4, 0.5) is 0 Å². The Morgan fingerprint density at radius 3 is 2.20 bits per heavy atom. The zero-order valence-electron chi connectivity index (χ0n) is 9.78. The average Bonchev–Trinajstić information content (AvgIpc) is 2.15. The van der Waals surface area contributed by atoms with Crippen LogP contribution >= 0.6 is 0 Å². The number of carbonyl (C=O) groups is 1. The second-order valence-corrected chi connectivity index (χ2v) is 3.89. The number of aliphatic hydroxyl groups is 1. The van der Waals surface area contributed by atoms with Gasteiger partial charge in [0.2, 0.25) is 0 Å². The molecule has 0 radical (unpaired) electrons. The van der Waals surface area contributed by atoms with Crippen LogP contribution in [0.2, 0.25) is 0 Å². The van der Waals surface area contributed by atoms with Crippen LogP contribution < -0.4 is 0 Å². The SMILES string of the molecule is CCCN(CCC)CC(O)CCC(=O)O. The molecule has 0 rings (SSSR count). The number of aliphatic carboxylic acids is 1. The van der Waals surface area contributed by atoms with Crippen molar-refractivity contribution in [1.29, 1.82) is 0 Å². The molecule has 0 spiro atoms. The van der Waals surface area contributed by atoms with Crippen molar-refractivity contribution in [2.75, 3.05) is 19.6 Å². The Morgan fingerprint density at radius 1 is 1.27 bits per heavy atom. The van der Waals surface area contributed by atoms with E-state index in [4.69, 9.17) is 5.11 Å². The molecule has 4 nitrogen and oxygen atoms in total. The third-order valence-electron chi connectivity index (χ3n) is 2.24. The van der Waals surface area contributed by atoms with Gasteiger partial charge in [0, 0.05) is 13.0 Å². The maximum Gasteiger partial charge on any atom is 0.303 e. The lowest BCUT2D eigenvalue weighted by Crippen LogP contribution is -2.34. The van der Waals surface area contributed by atoms with Crippen molar-refractivity contribution in [3.8, 4) is 0 Å². The number of aliphatic hydroxyl groups excluding tert-OH is 1. The summed E-state index contributed by atoms with van der Waals surface area (Å²) >= 11 is 0. The summed E-state index contributed by atoms with van der Waals surface area (Å²) in [5.74, 6) is -0.841. The fraction of sp³-hybridized carbons (Fsp3) is 0.909. The molecule has 0 heterocycles. The second kappa shape index (κ2) is 8.68. The third-order valence-corrected chi connectivity index (χ3v) is 2.24. The first-order valence-electron chi connectivity index (χ1n) is 5.72. The van der Waals surface area contributed by atoms with Crippen LogP contribution in [-0.2, 0) is 4.79 Å². The van der Waals surface area contributed by atoms with Gasteiger partial charge in [0.15, 0.2) is 0 Å². The topological polar surface area (TPSA) is 60.8 Å². The van der Waals surface area contributed by atoms with E-state index in [2.05, 4.69) is 18.7 Å². The van der Waals surface area contributed by atoms with Gasteiger partial charge in [-0.3, -0.25) is 4.79 Å². The van der Waals surface area contributed by atoms with Crippen molar-refractivity contribution in [3.63, 3.8) is 0 Å². The lowest BCUT2D eigenvalue weighted by Gasteiger charge is -2.23. The molecule has 0 aromatic heterocycles. The number of hydrogen-bond donors (Lipinski definition) is 2. The molecule has 0 fully saturated rings. The highest BCUT2D eigenvalue weighted by molar-refractivity contribution is 5.66. The van der Waals surface area contributed by atoms with Crippen molar-refractivity contribution in [2.24, 2.45) is 0 Å². The Labute approximate surface area is 91.9 Å². The molecule has 0 aliphatic heterocycles. The normalized spacial score (nSPS) is 13.1. The van der Waals surface area contributed by atoms with Crippen molar-refractivity contribution >= 4 is 5.97 Å². The molecule has 4 heteroatoms. The van der Waals surface area contributed by atoms with E-state index in [0.717, 1.165) is 25.9 Å². The fourth-order valence-corrected chi connectivity index (χ4v) is 1.61. The molecule has 0 saturated carbocycles. The molecule has 0 aliphatic rings. The summed E-state index contributed by atoms with van der Waals surface area (Å²) in [5, 5.41) is 18.1. The van der Waals surface area contributed by atoms with E-state index in [9.17, 15) is 9.90 Å². The summed E-state index contributed by atoms with van der Waals surface area (Å²) in [6.45, 7) is 6.74. The zero-order valence-corrected chi connectivity index (χ0v) is 9.78. The first kappa shape index (κ1) is 14.4. The third kappa shape index (κ3) is 8.39. The number of rotatable bonds is 9. The average molecular weight is 217 g/mol. The van der Waals surface area contributed by atoms with Gasteiger partial charge in [-0.05, 0) is 32.4 Å². The fourth-order valence-electron chi connectivity index (χ4n) is 1.61. The molecule has 1 unspecified atom stereocenters. The van der Waals surface area contributed by atoms with E-state index < -0.39 is 12.1 Å². The van der Waals surface area contributed by atoms with Crippen molar-refractivity contribution in [3.05, 3.63) is 0 Å². The predicted octanol–water partition coefficient (Wildman–Crippen LogP) is 1.33. The van der Waals surface area contributed by atoms with Crippen LogP contribution in [0.3, 0.4) is 0 Å². The van der Waals surface area contributed by atoms with E-state index >= 15 is 0 Å². The number of nitrogens with zero attached hydrogens (tertiary/aromatic N) is 1. The second-order valence-electron chi connectivity index (χ2n) is 3.89. The van der Waals surface area contributed by atoms with Crippen LogP contribution in [0.15, 0.2) is 0 Å². The summed E-state index contributed by atoms with van der Waals surface area (Å²) in [6, 6.07) is 0. The van der Waals surface area contributed by atoms with Gasteiger partial charge in [0.1, 0.15) is 0 Å². The Hall–Kier alpha value is -0.610. The van der Waals surface area contributed by atoms with E-state index in [1.165, 1.54) is 0 Å². The van der Waals surface area contributed by atoms with E-state index in [1.54, 1.807) is 0 Å². The van der Waals surface area contributed by atoms with Crippen LogP contribution in [0.5, 0.6) is 0 Å². The summed E-state index contributed by atoms with van der Waals surface area (Å²) in [5.41, 5.74) is 0. The van der Waals surface area contributed by atoms with Crippen molar-refractivity contribution in [1.82, 2.24) is 4.90 Å². The van der Waals surface area contributed by atoms with Gasteiger partial charge >= 0.3 is 5.97 Å². The number of carboxylic acids is 1. The van der Waals surface area contributed by atoms with Crippen LogP contribution in [0.1, 0.15) is 39.5 Å². The van der Waals surface area contributed by atoms with Crippen LogP contribution in [-0.4, -0.2) is 46.8 Å². The Kier molecular flexibility index (Phi) is 8.33. The van der Waals surface area contributed by atoms with E-state index in [1.807, 2.05) is 0 Å². The van der Waals surface area contributed by atoms with Crippen molar-refractivity contribution in [2.45, 2.75) is 45.6 Å². The smallest absolute Gasteiger partial charge is 0.303 e. The van der Waals surface area contributed by atoms with Gasteiger partial charge in [-0.25, -0.2) is 0 Å². The quantitative estimate of drug-likeness (QED) is 0.611. The Bertz CT molecular complexity index is 167. The lowest BCUT2D eigenvalue weighted by molar-refractivity contribution is -0.137. The Morgan fingerprint density at radius 2 is 1.80 bits per heavy atom. The highest BCUT2D eigenvalue weighted by atomic mass is 16.4. The monoisotopic (exact) mass is 217 g/mol. The van der Waals surface area contributed by atoms with Crippen LogP contribution in [0, 0.1) is 0 Å². The molecule has 1 atom stereocenters. The summed E-state index contributed by atoms with van der Waals surface area (Å²) in [4.78, 5) is 12.5. The van der Waals surface area contributed by atoms with Gasteiger partial charge < -0.3 is 15.1 Å². The summed E-state index contributed by atoms with van der Waals surface area (Å²) in [7, 11) is 0. The minimum Gasteiger partial charge on any atom is -0.481 e. The van der Waals surface area contributed by atoms with Crippen molar-refractivity contribution < 1.29 is 15.0 Å². The molecular formula is C11H23NO3. The van der Waals surface area contributed by atoms with Gasteiger partial charge in [0.25, 0.3) is 0 Å². The molecule has 0 aliphatic carbocycles. The minimum atomic E-state index is -0.841. The predicted molar refractivity (Wildman–Crippen MR) is 59.9 cm³/mol. The first-order valence-corrected chi connectivity index (χ1v) is 5.72. The highest BCUT2D eigenvalue weighted by Gasteiger charge is 2.11. The molecular weight excluding hydrogens is 194 g/mol. The van der Waals surface area contributed by atoms with Gasteiger partial charge in [-0.15, -0.1) is 0 Å². The first-order chi connectivity index (χ1) is 7.10.